The first-order valence-electron chi connectivity index (χ1n) is 10.0. The van der Waals surface area contributed by atoms with E-state index in [0.29, 0.717) is 28.1 Å². The molecule has 11 nitrogen and oxygen atoms in total. The fraction of sp³-hybridized carbons (Fsp3) is 0.0435. The third-order valence-corrected chi connectivity index (χ3v) is 6.45. The van der Waals surface area contributed by atoms with Gasteiger partial charge in [0, 0.05) is 22.8 Å². The molecule has 35 heavy (non-hydrogen) atoms. The number of nitriles is 1. The molecule has 4 aromatic rings. The normalized spacial score (nSPS) is 11.0. The maximum Gasteiger partial charge on any atom is 0.293 e. The van der Waals surface area contributed by atoms with Gasteiger partial charge in [0.25, 0.3) is 21.6 Å². The molecule has 0 saturated heterocycles. The predicted octanol–water partition coefficient (Wildman–Crippen LogP) is 3.82. The molecule has 0 spiro atoms. The topological polar surface area (TPSA) is 167 Å². The largest absolute Gasteiger partial charge is 0.497 e. The smallest absolute Gasteiger partial charge is 0.293 e. The summed E-state index contributed by atoms with van der Waals surface area (Å²) in [6.45, 7) is 0. The van der Waals surface area contributed by atoms with Crippen LogP contribution in [0.3, 0.4) is 0 Å². The lowest BCUT2D eigenvalue weighted by Gasteiger charge is -2.08. The first-order chi connectivity index (χ1) is 16.7. The number of fused-ring (bicyclic) bond motifs is 1. The molecule has 0 aliphatic heterocycles. The monoisotopic (exact) mass is 491 g/mol. The Morgan fingerprint density at radius 1 is 1.09 bits per heavy atom. The van der Waals surface area contributed by atoms with Crippen molar-refractivity contribution in [3.63, 3.8) is 0 Å². The minimum absolute atomic E-state index is 0.0423. The van der Waals surface area contributed by atoms with Crippen molar-refractivity contribution >= 4 is 43.9 Å². The van der Waals surface area contributed by atoms with Crippen molar-refractivity contribution in [3.05, 3.63) is 88.1 Å². The quantitative estimate of drug-likeness (QED) is 0.259. The molecule has 1 heterocycles. The maximum atomic E-state index is 12.8. The summed E-state index contributed by atoms with van der Waals surface area (Å²) < 4.78 is 32.2. The Bertz CT molecular complexity index is 1590. The molecule has 1 amide bonds. The second-order valence-electron chi connectivity index (χ2n) is 7.29. The van der Waals surface area contributed by atoms with Crippen LogP contribution in [0.4, 0.5) is 17.1 Å². The van der Waals surface area contributed by atoms with Crippen LogP contribution in [0.5, 0.6) is 5.75 Å². The highest BCUT2D eigenvalue weighted by molar-refractivity contribution is 7.90. The molecule has 3 N–H and O–H groups in total. The molecule has 3 aromatic carbocycles. The van der Waals surface area contributed by atoms with Crippen LogP contribution >= 0.6 is 0 Å². The van der Waals surface area contributed by atoms with Gasteiger partial charge in [-0.15, -0.1) is 0 Å². The summed E-state index contributed by atoms with van der Waals surface area (Å²) in [6, 6.07) is 18.0. The van der Waals surface area contributed by atoms with E-state index in [1.54, 1.807) is 24.3 Å². The third-order valence-electron chi connectivity index (χ3n) is 5.10. The number of ether oxygens (including phenoxy) is 1. The zero-order valence-electron chi connectivity index (χ0n) is 18.1. The number of hydrogen-bond donors (Lipinski definition) is 3. The zero-order valence-corrected chi connectivity index (χ0v) is 18.9. The van der Waals surface area contributed by atoms with Gasteiger partial charge in [0.05, 0.1) is 28.6 Å². The number of H-pyrrole nitrogens is 1. The number of methoxy groups -OCH3 is 1. The number of nitro benzene ring substituents is 1. The molecule has 12 heteroatoms. The number of nitrogens with one attached hydrogen (secondary N) is 3. The van der Waals surface area contributed by atoms with Crippen LogP contribution < -0.4 is 14.8 Å². The molecule has 0 bridgehead atoms. The Balaban J connectivity index is 1.68. The summed E-state index contributed by atoms with van der Waals surface area (Å²) in [5.74, 6) is -0.545. The number of benzene rings is 3. The molecule has 0 aliphatic carbocycles. The second kappa shape index (κ2) is 9.16. The Kier molecular flexibility index (Phi) is 6.09. The Hall–Kier alpha value is -4.89. The molecule has 0 saturated carbocycles. The fourth-order valence-corrected chi connectivity index (χ4v) is 4.33. The third kappa shape index (κ3) is 4.75. The Morgan fingerprint density at radius 2 is 1.77 bits per heavy atom. The molecular formula is C23H17N5O6S. The van der Waals surface area contributed by atoms with Crippen molar-refractivity contribution in [1.29, 1.82) is 5.26 Å². The summed E-state index contributed by atoms with van der Waals surface area (Å²) in [7, 11) is -2.78. The average Bonchev–Trinajstić information content (AvgIpc) is 3.30. The minimum Gasteiger partial charge on any atom is -0.497 e. The molecule has 1 aromatic heterocycles. The van der Waals surface area contributed by atoms with Gasteiger partial charge in [-0.25, -0.2) is 13.1 Å². The van der Waals surface area contributed by atoms with E-state index in [1.807, 2.05) is 10.8 Å². The SMILES string of the molecule is COc1ccc(S(=O)(=O)NC(=O)c2cc3c(Nc4ccc(C#N)cc4)ccc([N+](=O)[O-])c3[nH]2)cc1. The summed E-state index contributed by atoms with van der Waals surface area (Å²) in [4.78, 5) is 26.2. The summed E-state index contributed by atoms with van der Waals surface area (Å²) in [6.07, 6.45) is 0. The molecule has 0 fully saturated rings. The molecule has 4 rings (SSSR count). The van der Waals surface area contributed by atoms with E-state index in [9.17, 15) is 23.3 Å². The summed E-state index contributed by atoms with van der Waals surface area (Å²) in [5, 5.41) is 23.9. The van der Waals surface area contributed by atoms with Gasteiger partial charge in [-0.3, -0.25) is 14.9 Å². The van der Waals surface area contributed by atoms with E-state index in [-0.39, 0.29) is 21.8 Å². The predicted molar refractivity (Wildman–Crippen MR) is 127 cm³/mol. The van der Waals surface area contributed by atoms with Crippen molar-refractivity contribution in [2.75, 3.05) is 12.4 Å². The molecule has 0 atom stereocenters. The standard InChI is InChI=1S/C23H17N5O6S/c1-34-16-6-8-17(9-7-16)35(32,33)27-23(29)20-12-18-19(10-11-21(28(30)31)22(18)26-20)25-15-4-2-14(13-24)3-5-15/h2-12,25-26H,1H3,(H,27,29). The number of hydrogen-bond acceptors (Lipinski definition) is 8. The highest BCUT2D eigenvalue weighted by Gasteiger charge is 2.23. The van der Waals surface area contributed by atoms with Crippen molar-refractivity contribution < 1.29 is 22.9 Å². The van der Waals surface area contributed by atoms with Gasteiger partial charge in [0.15, 0.2) is 0 Å². The number of rotatable bonds is 7. The van der Waals surface area contributed by atoms with E-state index < -0.39 is 20.9 Å². The minimum atomic E-state index is -4.21. The molecule has 176 valence electrons. The van der Waals surface area contributed by atoms with Crippen molar-refractivity contribution in [1.82, 2.24) is 9.71 Å². The number of amides is 1. The number of anilines is 2. The first-order valence-corrected chi connectivity index (χ1v) is 11.5. The van der Waals surface area contributed by atoms with E-state index in [4.69, 9.17) is 10.00 Å². The van der Waals surface area contributed by atoms with E-state index >= 15 is 0 Å². The van der Waals surface area contributed by atoms with Crippen LogP contribution in [0.15, 0.2) is 71.6 Å². The van der Waals surface area contributed by atoms with Gasteiger partial charge < -0.3 is 15.0 Å². The molecule has 0 unspecified atom stereocenters. The number of carbonyl (C=O) groups excluding carboxylic acids is 1. The number of aromatic nitrogens is 1. The van der Waals surface area contributed by atoms with Crippen LogP contribution in [0.1, 0.15) is 16.1 Å². The van der Waals surface area contributed by atoms with Crippen molar-refractivity contribution in [2.24, 2.45) is 0 Å². The van der Waals surface area contributed by atoms with Crippen LogP contribution in [-0.4, -0.2) is 31.3 Å². The number of nitrogens with zero attached hydrogens (tertiary/aromatic N) is 2. The number of nitro groups is 1. The van der Waals surface area contributed by atoms with Crippen LogP contribution in [0.25, 0.3) is 10.9 Å². The van der Waals surface area contributed by atoms with Gasteiger partial charge in [0.1, 0.15) is 17.0 Å². The van der Waals surface area contributed by atoms with Gasteiger partial charge >= 0.3 is 0 Å². The number of non-ortho nitro benzene ring substituents is 1. The van der Waals surface area contributed by atoms with E-state index in [2.05, 4.69) is 10.3 Å². The second-order valence-corrected chi connectivity index (χ2v) is 8.97. The number of sulfonamides is 1. The number of aromatic amines is 1. The highest BCUT2D eigenvalue weighted by atomic mass is 32.2. The van der Waals surface area contributed by atoms with Gasteiger partial charge in [-0.1, -0.05) is 0 Å². The Morgan fingerprint density at radius 3 is 2.37 bits per heavy atom. The lowest BCUT2D eigenvalue weighted by atomic mass is 10.1. The van der Waals surface area contributed by atoms with Crippen LogP contribution in [-0.2, 0) is 10.0 Å². The average molecular weight is 491 g/mol. The lowest BCUT2D eigenvalue weighted by Crippen LogP contribution is -2.30. The van der Waals surface area contributed by atoms with Crippen LogP contribution in [0.2, 0.25) is 0 Å². The fourth-order valence-electron chi connectivity index (χ4n) is 3.36. The first kappa shape index (κ1) is 23.3. The van der Waals surface area contributed by atoms with Gasteiger partial charge in [-0.2, -0.15) is 5.26 Å². The molecular weight excluding hydrogens is 474 g/mol. The van der Waals surface area contributed by atoms with Crippen molar-refractivity contribution in [3.8, 4) is 11.8 Å². The van der Waals surface area contributed by atoms with Gasteiger partial charge in [-0.05, 0) is 60.7 Å². The van der Waals surface area contributed by atoms with E-state index in [1.165, 1.54) is 49.6 Å². The summed E-state index contributed by atoms with van der Waals surface area (Å²) in [5.41, 5.74) is 1.07. The highest BCUT2D eigenvalue weighted by Crippen LogP contribution is 2.33. The molecule has 0 radical (unpaired) electrons. The Labute approximate surface area is 199 Å². The lowest BCUT2D eigenvalue weighted by molar-refractivity contribution is -0.383. The zero-order chi connectivity index (χ0) is 25.2. The van der Waals surface area contributed by atoms with Crippen molar-refractivity contribution in [2.45, 2.75) is 4.90 Å². The number of carbonyl (C=O) groups is 1. The maximum absolute atomic E-state index is 12.8. The molecule has 0 aliphatic rings. The summed E-state index contributed by atoms with van der Waals surface area (Å²) >= 11 is 0. The van der Waals surface area contributed by atoms with E-state index in [0.717, 1.165) is 0 Å². The van der Waals surface area contributed by atoms with Gasteiger partial charge in [0.2, 0.25) is 0 Å². The van der Waals surface area contributed by atoms with Crippen LogP contribution in [0, 0.1) is 21.4 Å².